The summed E-state index contributed by atoms with van der Waals surface area (Å²) >= 11 is 0. The van der Waals surface area contributed by atoms with Gasteiger partial charge in [-0.05, 0) is 37.3 Å². The topological polar surface area (TPSA) is 75.4 Å². The molecule has 0 radical (unpaired) electrons. The Balaban J connectivity index is 1.33. The van der Waals surface area contributed by atoms with Crippen LogP contribution >= 0.6 is 0 Å². The molecule has 2 fully saturated rings. The molecule has 1 aliphatic carbocycles. The molecule has 7 heteroatoms. The van der Waals surface area contributed by atoms with Crippen molar-refractivity contribution in [3.63, 3.8) is 0 Å². The first kappa shape index (κ1) is 24.6. The number of piperidine rings is 1. The summed E-state index contributed by atoms with van der Waals surface area (Å²) in [6, 6.07) is 7.50. The van der Waals surface area contributed by atoms with E-state index in [2.05, 4.69) is 4.98 Å². The summed E-state index contributed by atoms with van der Waals surface area (Å²) in [6.07, 6.45) is 10.8. The Morgan fingerprint density at radius 3 is 2.50 bits per heavy atom. The predicted molar refractivity (Wildman–Crippen MR) is 130 cm³/mol. The number of carbonyl (C=O) groups is 1. The van der Waals surface area contributed by atoms with Crippen LogP contribution in [0.1, 0.15) is 64.7 Å². The molecule has 6 nitrogen and oxygen atoms in total. The summed E-state index contributed by atoms with van der Waals surface area (Å²) in [6.45, 7) is 3.12. The van der Waals surface area contributed by atoms with Crippen molar-refractivity contribution in [1.29, 1.82) is 0 Å². The molecular weight excluding hydrogens is 433 g/mol. The molecule has 1 amide bonds. The second-order valence-corrected chi connectivity index (χ2v) is 10.3. The molecule has 1 saturated heterocycles. The zero-order chi connectivity index (χ0) is 24.1. The highest BCUT2D eigenvalue weighted by Gasteiger charge is 2.36. The number of rotatable bonds is 6. The van der Waals surface area contributed by atoms with E-state index in [-0.39, 0.29) is 35.2 Å². The van der Waals surface area contributed by atoms with Crippen LogP contribution < -0.4 is 5.56 Å². The average molecular weight is 470 g/mol. The van der Waals surface area contributed by atoms with Crippen molar-refractivity contribution in [2.45, 2.75) is 76.9 Å². The van der Waals surface area contributed by atoms with Gasteiger partial charge in [0.1, 0.15) is 5.82 Å². The van der Waals surface area contributed by atoms with Gasteiger partial charge in [0, 0.05) is 30.6 Å². The first-order chi connectivity index (χ1) is 16.3. The molecule has 4 rings (SSSR count). The molecule has 1 saturated carbocycles. The second-order valence-electron chi connectivity index (χ2n) is 10.3. The summed E-state index contributed by atoms with van der Waals surface area (Å²) in [5.41, 5.74) is -0.867. The number of hydrogen-bond acceptors (Lipinski definition) is 4. The van der Waals surface area contributed by atoms with Gasteiger partial charge < -0.3 is 10.0 Å². The van der Waals surface area contributed by atoms with Gasteiger partial charge in [0.05, 0.1) is 24.2 Å². The number of amides is 1. The van der Waals surface area contributed by atoms with Crippen molar-refractivity contribution in [3.8, 4) is 11.3 Å². The van der Waals surface area contributed by atoms with E-state index in [9.17, 15) is 19.1 Å². The molecule has 0 spiro atoms. The Labute approximate surface area is 200 Å². The van der Waals surface area contributed by atoms with Crippen LogP contribution in [0.15, 0.2) is 41.5 Å². The highest BCUT2D eigenvalue weighted by molar-refractivity contribution is 5.78. The number of carbonyl (C=O) groups excluding carboxylic acids is 1. The van der Waals surface area contributed by atoms with Gasteiger partial charge >= 0.3 is 0 Å². The first-order valence-corrected chi connectivity index (χ1v) is 12.7. The van der Waals surface area contributed by atoms with E-state index in [4.69, 9.17) is 0 Å². The Bertz CT molecular complexity index is 1040. The van der Waals surface area contributed by atoms with Crippen molar-refractivity contribution < 1.29 is 14.3 Å². The van der Waals surface area contributed by atoms with E-state index < -0.39 is 11.4 Å². The van der Waals surface area contributed by atoms with Gasteiger partial charge in [0.15, 0.2) is 0 Å². The number of nitrogens with zero attached hydrogens (tertiary/aromatic N) is 3. The molecule has 184 valence electrons. The molecule has 1 unspecified atom stereocenters. The Hall–Kier alpha value is -2.54. The Morgan fingerprint density at radius 1 is 1.18 bits per heavy atom. The van der Waals surface area contributed by atoms with Gasteiger partial charge in [0.25, 0.3) is 5.56 Å². The zero-order valence-electron chi connectivity index (χ0n) is 20.1. The lowest BCUT2D eigenvalue weighted by Gasteiger charge is -2.39. The van der Waals surface area contributed by atoms with Crippen LogP contribution in [-0.4, -0.2) is 44.2 Å². The molecular formula is C27H36FN3O3. The van der Waals surface area contributed by atoms with Gasteiger partial charge in [-0.2, -0.15) is 0 Å². The van der Waals surface area contributed by atoms with Crippen molar-refractivity contribution in [2.24, 2.45) is 11.8 Å². The third kappa shape index (κ3) is 5.93. The van der Waals surface area contributed by atoms with Gasteiger partial charge in [0.2, 0.25) is 5.91 Å². The van der Waals surface area contributed by atoms with E-state index >= 15 is 0 Å². The number of aliphatic hydroxyl groups is 1. The minimum Gasteiger partial charge on any atom is -0.388 e. The third-order valence-electron chi connectivity index (χ3n) is 7.58. The van der Waals surface area contributed by atoms with Crippen molar-refractivity contribution >= 4 is 5.91 Å². The number of benzene rings is 1. The van der Waals surface area contributed by atoms with E-state index in [0.29, 0.717) is 31.8 Å². The minimum atomic E-state index is -1.08. The molecule has 2 aromatic rings. The van der Waals surface area contributed by atoms with Crippen LogP contribution in [0.5, 0.6) is 0 Å². The normalized spacial score (nSPS) is 20.0. The van der Waals surface area contributed by atoms with Crippen molar-refractivity contribution in [2.75, 3.05) is 13.1 Å². The quantitative estimate of drug-likeness (QED) is 0.637. The summed E-state index contributed by atoms with van der Waals surface area (Å²) in [5, 5.41) is 11.1. The van der Waals surface area contributed by atoms with Crippen LogP contribution in [0, 0.1) is 17.7 Å². The van der Waals surface area contributed by atoms with Crippen LogP contribution in [0.3, 0.4) is 0 Å². The number of likely N-dealkylation sites (tertiary alicyclic amines) is 1. The Morgan fingerprint density at radius 2 is 1.85 bits per heavy atom. The summed E-state index contributed by atoms with van der Waals surface area (Å²) in [7, 11) is 0. The maximum atomic E-state index is 14.0. The fourth-order valence-electron chi connectivity index (χ4n) is 5.49. The van der Waals surface area contributed by atoms with E-state index in [0.717, 1.165) is 6.42 Å². The Kier molecular flexibility index (Phi) is 7.81. The average Bonchev–Trinajstić information content (AvgIpc) is 3.09. The minimum absolute atomic E-state index is 0.00652. The molecule has 0 bridgehead atoms. The fourth-order valence-corrected chi connectivity index (χ4v) is 5.49. The van der Waals surface area contributed by atoms with E-state index in [1.165, 1.54) is 61.6 Å². The smallest absolute Gasteiger partial charge is 0.253 e. The number of aromatic nitrogens is 2. The van der Waals surface area contributed by atoms with Crippen molar-refractivity contribution in [3.05, 3.63) is 52.8 Å². The first-order valence-electron chi connectivity index (χ1n) is 12.7. The lowest BCUT2D eigenvalue weighted by atomic mass is 9.87. The number of hydrogen-bond donors (Lipinski definition) is 1. The molecule has 1 aromatic carbocycles. The van der Waals surface area contributed by atoms with E-state index in [1.54, 1.807) is 18.2 Å². The molecule has 1 aliphatic heterocycles. The molecule has 1 N–H and O–H groups in total. The standard InChI is InChI=1S/C27H36FN3O3/c1-20(16-21-8-4-2-3-5-9-21)26(33)30-14-12-27(34,13-15-30)18-31-19-29-24(17-25(31)32)22-10-6-7-11-23(22)28/h6-7,10-11,17,19-21,34H,2-5,8-9,12-16,18H2,1H3. The fraction of sp³-hybridized carbons (Fsp3) is 0.593. The lowest BCUT2D eigenvalue weighted by Crippen LogP contribution is -2.50. The SMILES string of the molecule is CC(CC1CCCCCC1)C(=O)N1CCC(O)(Cn2cnc(-c3ccccc3F)cc2=O)CC1. The molecule has 34 heavy (non-hydrogen) atoms. The second kappa shape index (κ2) is 10.8. The summed E-state index contributed by atoms with van der Waals surface area (Å²) in [5.74, 6) is 0.400. The highest BCUT2D eigenvalue weighted by Crippen LogP contribution is 2.30. The summed E-state index contributed by atoms with van der Waals surface area (Å²) < 4.78 is 15.4. The third-order valence-corrected chi connectivity index (χ3v) is 7.58. The van der Waals surface area contributed by atoms with Gasteiger partial charge in [-0.3, -0.25) is 14.2 Å². The van der Waals surface area contributed by atoms with Gasteiger partial charge in [-0.25, -0.2) is 9.37 Å². The maximum absolute atomic E-state index is 14.0. The zero-order valence-corrected chi connectivity index (χ0v) is 20.1. The predicted octanol–water partition coefficient (Wildman–Crippen LogP) is 4.40. The largest absolute Gasteiger partial charge is 0.388 e. The molecule has 1 atom stereocenters. The maximum Gasteiger partial charge on any atom is 0.253 e. The number of halogens is 1. The van der Waals surface area contributed by atoms with E-state index in [1.807, 2.05) is 11.8 Å². The molecule has 2 aliphatic rings. The molecule has 1 aromatic heterocycles. The lowest BCUT2D eigenvalue weighted by molar-refractivity contribution is -0.140. The van der Waals surface area contributed by atoms with Crippen molar-refractivity contribution in [1.82, 2.24) is 14.5 Å². The monoisotopic (exact) mass is 469 g/mol. The van der Waals surface area contributed by atoms with Crippen LogP contribution in [-0.2, 0) is 11.3 Å². The highest BCUT2D eigenvalue weighted by atomic mass is 19.1. The van der Waals surface area contributed by atoms with Crippen LogP contribution in [0.25, 0.3) is 11.3 Å². The van der Waals surface area contributed by atoms with Crippen LogP contribution in [0.2, 0.25) is 0 Å². The van der Waals surface area contributed by atoms with Crippen LogP contribution in [0.4, 0.5) is 4.39 Å². The molecule has 2 heterocycles. The van der Waals surface area contributed by atoms with Gasteiger partial charge in [-0.1, -0.05) is 57.6 Å². The van der Waals surface area contributed by atoms with Gasteiger partial charge in [-0.15, -0.1) is 0 Å². The summed E-state index contributed by atoms with van der Waals surface area (Å²) in [4.78, 5) is 31.8.